The molecule has 0 atom stereocenters. The van der Waals surface area contributed by atoms with Crippen molar-refractivity contribution < 1.29 is 28.5 Å². The second-order valence-electron chi connectivity index (χ2n) is 4.87. The van der Waals surface area contributed by atoms with E-state index in [0.717, 1.165) is 0 Å². The monoisotopic (exact) mass is 408 g/mol. The molecule has 0 spiro atoms. The smallest absolute Gasteiger partial charge is 0.344 e. The fourth-order valence-corrected chi connectivity index (χ4v) is 2.53. The van der Waals surface area contributed by atoms with Gasteiger partial charge < -0.3 is 18.9 Å². The molecule has 0 bridgehead atoms. The molecule has 132 valence electrons. The fourth-order valence-electron chi connectivity index (χ4n) is 1.99. The van der Waals surface area contributed by atoms with Crippen molar-refractivity contribution >= 4 is 27.7 Å². The second-order valence-corrected chi connectivity index (χ2v) is 5.73. The molecule has 6 nitrogen and oxygen atoms in total. The van der Waals surface area contributed by atoms with Gasteiger partial charge in [-0.05, 0) is 46.3 Å². The highest BCUT2D eigenvalue weighted by Gasteiger charge is 2.13. The molecule has 0 N–H and O–H groups in total. The summed E-state index contributed by atoms with van der Waals surface area (Å²) in [7, 11) is 3.04. The third kappa shape index (κ3) is 5.22. The SMILES string of the molecule is COc1ccc(C(=O)COC(=O)COc2ccccc2OC)cc1Br. The van der Waals surface area contributed by atoms with Crippen LogP contribution in [0.25, 0.3) is 0 Å². The summed E-state index contributed by atoms with van der Waals surface area (Å²) in [6.07, 6.45) is 0. The van der Waals surface area contributed by atoms with Crippen molar-refractivity contribution in [3.63, 3.8) is 0 Å². The Morgan fingerprint density at radius 2 is 1.60 bits per heavy atom. The summed E-state index contributed by atoms with van der Waals surface area (Å²) in [5.41, 5.74) is 0.408. The molecule has 0 aliphatic rings. The van der Waals surface area contributed by atoms with Crippen molar-refractivity contribution in [3.8, 4) is 17.2 Å². The molecule has 0 amide bonds. The third-order valence-corrected chi connectivity index (χ3v) is 3.87. The maximum absolute atomic E-state index is 12.1. The van der Waals surface area contributed by atoms with Gasteiger partial charge in [0, 0.05) is 5.56 Å². The molecule has 7 heteroatoms. The zero-order valence-corrected chi connectivity index (χ0v) is 15.4. The standard InChI is InChI=1S/C18H17BrO6/c1-22-15-8-7-12(9-13(15)19)14(20)10-25-18(21)11-24-17-6-4-3-5-16(17)23-2/h3-9H,10-11H2,1-2H3. The number of para-hydroxylation sites is 2. The number of ketones is 1. The first-order valence-electron chi connectivity index (χ1n) is 7.33. The fraction of sp³-hybridized carbons (Fsp3) is 0.222. The van der Waals surface area contributed by atoms with E-state index in [1.54, 1.807) is 42.5 Å². The largest absolute Gasteiger partial charge is 0.496 e. The average Bonchev–Trinajstić information content (AvgIpc) is 2.64. The first-order chi connectivity index (χ1) is 12.0. The van der Waals surface area contributed by atoms with E-state index in [-0.39, 0.29) is 19.0 Å². The number of halogens is 1. The van der Waals surface area contributed by atoms with Gasteiger partial charge in [-0.3, -0.25) is 4.79 Å². The van der Waals surface area contributed by atoms with Gasteiger partial charge in [-0.25, -0.2) is 4.79 Å². The zero-order valence-electron chi connectivity index (χ0n) is 13.8. The number of hydrogen-bond donors (Lipinski definition) is 0. The van der Waals surface area contributed by atoms with E-state index in [1.165, 1.54) is 14.2 Å². The summed E-state index contributed by atoms with van der Waals surface area (Å²) < 4.78 is 21.2. The molecule has 0 aliphatic carbocycles. The molecular weight excluding hydrogens is 392 g/mol. The minimum absolute atomic E-state index is 0.319. The van der Waals surface area contributed by atoms with Gasteiger partial charge in [0.2, 0.25) is 0 Å². The van der Waals surface area contributed by atoms with Gasteiger partial charge in [-0.15, -0.1) is 0 Å². The van der Waals surface area contributed by atoms with Gasteiger partial charge >= 0.3 is 5.97 Å². The predicted octanol–water partition coefficient (Wildman–Crippen LogP) is 3.27. The minimum atomic E-state index is -0.646. The first kappa shape index (κ1) is 18.8. The molecule has 0 fully saturated rings. The van der Waals surface area contributed by atoms with Crippen molar-refractivity contribution in [1.82, 2.24) is 0 Å². The normalized spacial score (nSPS) is 10.0. The Labute approximate surface area is 153 Å². The van der Waals surface area contributed by atoms with Crippen molar-refractivity contribution in [2.45, 2.75) is 0 Å². The number of carbonyl (C=O) groups excluding carboxylic acids is 2. The van der Waals surface area contributed by atoms with E-state index in [0.29, 0.717) is 27.3 Å². The van der Waals surface area contributed by atoms with Gasteiger partial charge in [0.1, 0.15) is 5.75 Å². The number of Topliss-reactive ketones (excluding diaryl/α,β-unsaturated/α-hetero) is 1. The quantitative estimate of drug-likeness (QED) is 0.493. The Bertz CT molecular complexity index is 759. The highest BCUT2D eigenvalue weighted by molar-refractivity contribution is 9.10. The van der Waals surface area contributed by atoms with Crippen molar-refractivity contribution in [2.24, 2.45) is 0 Å². The van der Waals surface area contributed by atoms with E-state index in [2.05, 4.69) is 15.9 Å². The lowest BCUT2D eigenvalue weighted by molar-refractivity contribution is -0.144. The van der Waals surface area contributed by atoms with Crippen molar-refractivity contribution in [2.75, 3.05) is 27.4 Å². The summed E-state index contributed by atoms with van der Waals surface area (Å²) in [5, 5.41) is 0. The number of benzene rings is 2. The zero-order chi connectivity index (χ0) is 18.2. The highest BCUT2D eigenvalue weighted by atomic mass is 79.9. The van der Waals surface area contributed by atoms with Gasteiger partial charge in [0.25, 0.3) is 0 Å². The Kier molecular flexibility index (Phi) is 6.82. The van der Waals surface area contributed by atoms with E-state index < -0.39 is 5.97 Å². The molecule has 25 heavy (non-hydrogen) atoms. The average molecular weight is 409 g/mol. The molecule has 0 saturated carbocycles. The van der Waals surface area contributed by atoms with Crippen LogP contribution in [0.4, 0.5) is 0 Å². The topological polar surface area (TPSA) is 71.1 Å². The van der Waals surface area contributed by atoms with Crippen LogP contribution in [0.3, 0.4) is 0 Å². The predicted molar refractivity (Wildman–Crippen MR) is 94.5 cm³/mol. The highest BCUT2D eigenvalue weighted by Crippen LogP contribution is 2.26. The summed E-state index contributed by atoms with van der Waals surface area (Å²) >= 11 is 3.30. The van der Waals surface area contributed by atoms with Crippen LogP contribution in [0, 0.1) is 0 Å². The van der Waals surface area contributed by atoms with Crippen molar-refractivity contribution in [3.05, 3.63) is 52.5 Å². The molecule has 0 radical (unpaired) electrons. The molecular formula is C18H17BrO6. The van der Waals surface area contributed by atoms with Crippen LogP contribution in [0.15, 0.2) is 46.9 Å². The molecule has 0 heterocycles. The molecule has 2 aromatic carbocycles. The maximum atomic E-state index is 12.1. The molecule has 0 aliphatic heterocycles. The van der Waals surface area contributed by atoms with Crippen LogP contribution >= 0.6 is 15.9 Å². The number of ether oxygens (including phenoxy) is 4. The van der Waals surface area contributed by atoms with Crippen LogP contribution < -0.4 is 14.2 Å². The van der Waals surface area contributed by atoms with E-state index in [1.807, 2.05) is 0 Å². The van der Waals surface area contributed by atoms with E-state index in [9.17, 15) is 9.59 Å². The molecule has 0 saturated heterocycles. The third-order valence-electron chi connectivity index (χ3n) is 3.25. The molecule has 2 aromatic rings. The number of carbonyl (C=O) groups is 2. The molecule has 2 rings (SSSR count). The lowest BCUT2D eigenvalue weighted by Gasteiger charge is -2.10. The van der Waals surface area contributed by atoms with Gasteiger partial charge in [-0.1, -0.05) is 12.1 Å². The van der Waals surface area contributed by atoms with Gasteiger partial charge in [0.05, 0.1) is 18.7 Å². The van der Waals surface area contributed by atoms with E-state index >= 15 is 0 Å². The summed E-state index contributed by atoms with van der Waals surface area (Å²) in [6, 6.07) is 11.8. The molecule has 0 aromatic heterocycles. The number of methoxy groups -OCH3 is 2. The summed E-state index contributed by atoms with van der Waals surface area (Å²) in [5.74, 6) is 0.571. The van der Waals surface area contributed by atoms with Gasteiger partial charge in [-0.2, -0.15) is 0 Å². The summed E-state index contributed by atoms with van der Waals surface area (Å²) in [6.45, 7) is -0.688. The Morgan fingerprint density at radius 1 is 0.920 bits per heavy atom. The summed E-state index contributed by atoms with van der Waals surface area (Å²) in [4.78, 5) is 23.8. The van der Waals surface area contributed by atoms with Crippen LogP contribution in [-0.4, -0.2) is 39.2 Å². The Balaban J connectivity index is 1.85. The first-order valence-corrected chi connectivity index (χ1v) is 8.12. The van der Waals surface area contributed by atoms with E-state index in [4.69, 9.17) is 18.9 Å². The number of hydrogen-bond acceptors (Lipinski definition) is 6. The van der Waals surface area contributed by atoms with Crippen molar-refractivity contribution in [1.29, 1.82) is 0 Å². The maximum Gasteiger partial charge on any atom is 0.344 e. The second kappa shape index (κ2) is 9.08. The minimum Gasteiger partial charge on any atom is -0.496 e. The van der Waals surface area contributed by atoms with Crippen LogP contribution in [0.1, 0.15) is 10.4 Å². The lowest BCUT2D eigenvalue weighted by atomic mass is 10.1. The number of rotatable bonds is 8. The molecule has 0 unspecified atom stereocenters. The number of esters is 1. The van der Waals surface area contributed by atoms with Gasteiger partial charge in [0.15, 0.2) is 30.5 Å². The Hall–Kier alpha value is -2.54. The lowest BCUT2D eigenvalue weighted by Crippen LogP contribution is -2.19. The Morgan fingerprint density at radius 3 is 2.24 bits per heavy atom. The van der Waals surface area contributed by atoms with Crippen LogP contribution in [-0.2, 0) is 9.53 Å². The van der Waals surface area contributed by atoms with Crippen LogP contribution in [0.5, 0.6) is 17.2 Å². The van der Waals surface area contributed by atoms with Crippen LogP contribution in [0.2, 0.25) is 0 Å².